The molecule has 0 unspecified atom stereocenters. The van der Waals surface area contributed by atoms with E-state index < -0.39 is 54.0 Å². The molecule has 1 saturated carbocycles. The summed E-state index contributed by atoms with van der Waals surface area (Å²) in [7, 11) is 1.42. The van der Waals surface area contributed by atoms with E-state index in [4.69, 9.17) is 0 Å². The van der Waals surface area contributed by atoms with Crippen LogP contribution in [0.25, 0.3) is 0 Å². The highest BCUT2D eigenvalue weighted by atomic mass is 19.4. The van der Waals surface area contributed by atoms with Gasteiger partial charge in [-0.3, -0.25) is 9.59 Å². The number of imidazole rings is 1. The second kappa shape index (κ2) is 10.2. The summed E-state index contributed by atoms with van der Waals surface area (Å²) in [6.45, 7) is 1.07. The predicted molar refractivity (Wildman–Crippen MR) is 111 cm³/mol. The molecule has 0 bridgehead atoms. The fourth-order valence-corrected chi connectivity index (χ4v) is 4.41. The number of carbonyl (C=O) groups is 2. The van der Waals surface area contributed by atoms with Crippen LogP contribution in [0.1, 0.15) is 53.0 Å². The minimum atomic E-state index is -4.80. The van der Waals surface area contributed by atoms with Gasteiger partial charge in [0.25, 0.3) is 12.3 Å². The molecule has 1 fully saturated rings. The lowest BCUT2D eigenvalue weighted by molar-refractivity contribution is -0.137. The highest BCUT2D eigenvalue weighted by Crippen LogP contribution is 2.32. The van der Waals surface area contributed by atoms with Crippen LogP contribution < -0.4 is 0 Å². The van der Waals surface area contributed by atoms with E-state index in [0.717, 1.165) is 6.07 Å². The van der Waals surface area contributed by atoms with E-state index in [0.29, 0.717) is 42.8 Å². The maximum absolute atomic E-state index is 13.7. The lowest BCUT2D eigenvalue weighted by atomic mass is 9.81. The van der Waals surface area contributed by atoms with Gasteiger partial charge < -0.3 is 9.47 Å². The molecule has 0 spiro atoms. The number of benzene rings is 1. The Morgan fingerprint density at radius 3 is 2.56 bits per heavy atom. The third-order valence-electron chi connectivity index (χ3n) is 6.27. The standard InChI is InChI=1S/C23H25F6N3O2/c1-13-19(32(12-30-13)11-21(25)26)10-20(33)14-4-3-5-18(8-14)31(2)22(34)15-6-16(23(27,28)29)9-17(24)7-15/h6-7,9,12,14,18,21H,3-5,8,10-11H2,1-2H3/t14-,18+/m1/s1. The first-order chi connectivity index (χ1) is 15.9. The molecule has 11 heteroatoms. The molecule has 5 nitrogen and oxygen atoms in total. The molecule has 1 heterocycles. The van der Waals surface area contributed by atoms with Gasteiger partial charge in [0.15, 0.2) is 0 Å². The van der Waals surface area contributed by atoms with Crippen molar-refractivity contribution in [2.45, 2.75) is 64.2 Å². The van der Waals surface area contributed by atoms with Crippen molar-refractivity contribution in [2.24, 2.45) is 5.92 Å². The van der Waals surface area contributed by atoms with Crippen LogP contribution in [0.3, 0.4) is 0 Å². The van der Waals surface area contributed by atoms with Gasteiger partial charge in [-0.15, -0.1) is 0 Å². The first-order valence-electron chi connectivity index (χ1n) is 10.8. The van der Waals surface area contributed by atoms with Crippen molar-refractivity contribution in [3.8, 4) is 0 Å². The number of halogens is 6. The van der Waals surface area contributed by atoms with E-state index in [1.54, 1.807) is 6.92 Å². The molecule has 1 aliphatic rings. The summed E-state index contributed by atoms with van der Waals surface area (Å²) < 4.78 is 79.7. The second-order valence-electron chi connectivity index (χ2n) is 8.62. The molecule has 3 rings (SSSR count). The Labute approximate surface area is 192 Å². The van der Waals surface area contributed by atoms with Gasteiger partial charge in [0.1, 0.15) is 11.6 Å². The van der Waals surface area contributed by atoms with Gasteiger partial charge >= 0.3 is 6.18 Å². The van der Waals surface area contributed by atoms with Gasteiger partial charge in [-0.1, -0.05) is 6.42 Å². The number of aryl methyl sites for hydroxylation is 1. The summed E-state index contributed by atoms with van der Waals surface area (Å²) >= 11 is 0. The largest absolute Gasteiger partial charge is 0.416 e. The lowest BCUT2D eigenvalue weighted by Crippen LogP contribution is -2.41. The Balaban J connectivity index is 1.71. The molecule has 1 aromatic heterocycles. The van der Waals surface area contributed by atoms with Crippen molar-refractivity contribution in [3.05, 3.63) is 52.9 Å². The molecule has 0 aliphatic heterocycles. The summed E-state index contributed by atoms with van der Waals surface area (Å²) in [5.74, 6) is -2.55. The Hall–Kier alpha value is -2.85. The Morgan fingerprint density at radius 2 is 1.91 bits per heavy atom. The molecular weight excluding hydrogens is 464 g/mol. The van der Waals surface area contributed by atoms with Crippen LogP contribution in [-0.4, -0.2) is 45.7 Å². The predicted octanol–water partition coefficient (Wildman–Crippen LogP) is 5.06. The molecule has 2 aromatic rings. The maximum atomic E-state index is 13.7. The first-order valence-corrected chi connectivity index (χ1v) is 10.8. The van der Waals surface area contributed by atoms with Crippen molar-refractivity contribution in [1.29, 1.82) is 0 Å². The number of alkyl halides is 5. The van der Waals surface area contributed by atoms with Crippen molar-refractivity contribution in [2.75, 3.05) is 7.05 Å². The third kappa shape index (κ3) is 5.98. The van der Waals surface area contributed by atoms with Crippen LogP contribution in [0.2, 0.25) is 0 Å². The average Bonchev–Trinajstić information content (AvgIpc) is 3.10. The van der Waals surface area contributed by atoms with Gasteiger partial charge in [-0.2, -0.15) is 13.2 Å². The number of hydrogen-bond donors (Lipinski definition) is 0. The van der Waals surface area contributed by atoms with Crippen molar-refractivity contribution in [3.63, 3.8) is 0 Å². The van der Waals surface area contributed by atoms with Crippen molar-refractivity contribution >= 4 is 11.7 Å². The molecule has 0 radical (unpaired) electrons. The van der Waals surface area contributed by atoms with Crippen LogP contribution in [0.4, 0.5) is 26.3 Å². The Kier molecular flexibility index (Phi) is 7.72. The summed E-state index contributed by atoms with van der Waals surface area (Å²) in [5, 5.41) is 0. The van der Waals surface area contributed by atoms with Gasteiger partial charge in [0.05, 0.1) is 24.1 Å². The van der Waals surface area contributed by atoms with E-state index in [-0.39, 0.29) is 18.6 Å². The van der Waals surface area contributed by atoms with Crippen LogP contribution in [0.5, 0.6) is 0 Å². The molecule has 1 amide bonds. The number of aromatic nitrogens is 2. The molecular formula is C23H25F6N3O2. The number of rotatable bonds is 7. The molecule has 0 N–H and O–H groups in total. The molecule has 0 saturated heterocycles. The molecule has 186 valence electrons. The number of Topliss-reactive ketones (excluding diaryl/α,β-unsaturated/α-hetero) is 1. The van der Waals surface area contributed by atoms with Crippen LogP contribution in [0, 0.1) is 18.7 Å². The summed E-state index contributed by atoms with van der Waals surface area (Å²) in [4.78, 5) is 31.0. The monoisotopic (exact) mass is 489 g/mol. The first kappa shape index (κ1) is 25.8. The molecule has 1 aliphatic carbocycles. The van der Waals surface area contributed by atoms with Gasteiger partial charge in [-0.05, 0) is 44.4 Å². The summed E-state index contributed by atoms with van der Waals surface area (Å²) in [5.41, 5.74) is -0.775. The van der Waals surface area contributed by atoms with Crippen molar-refractivity contribution < 1.29 is 35.9 Å². The second-order valence-corrected chi connectivity index (χ2v) is 8.62. The Bertz CT molecular complexity index is 1050. The van der Waals surface area contributed by atoms with E-state index >= 15 is 0 Å². The lowest BCUT2D eigenvalue weighted by Gasteiger charge is -2.35. The summed E-state index contributed by atoms with van der Waals surface area (Å²) in [6.07, 6.45) is -4.22. The number of amides is 1. The molecule has 2 atom stereocenters. The number of hydrogen-bond acceptors (Lipinski definition) is 3. The van der Waals surface area contributed by atoms with Gasteiger partial charge in [-0.25, -0.2) is 18.2 Å². The normalized spacial score (nSPS) is 18.9. The number of ketones is 1. The highest BCUT2D eigenvalue weighted by Gasteiger charge is 2.35. The fraction of sp³-hybridized carbons (Fsp3) is 0.522. The smallest absolute Gasteiger partial charge is 0.339 e. The van der Waals surface area contributed by atoms with E-state index in [2.05, 4.69) is 4.98 Å². The van der Waals surface area contributed by atoms with Crippen LogP contribution in [-0.2, 0) is 23.9 Å². The quantitative estimate of drug-likeness (QED) is 0.511. The van der Waals surface area contributed by atoms with Gasteiger partial charge in [0.2, 0.25) is 0 Å². The van der Waals surface area contributed by atoms with Crippen molar-refractivity contribution in [1.82, 2.24) is 14.5 Å². The minimum Gasteiger partial charge on any atom is -0.339 e. The maximum Gasteiger partial charge on any atom is 0.416 e. The SMILES string of the molecule is Cc1ncn(CC(F)F)c1CC(=O)[C@@H]1CCC[C@H](N(C)C(=O)c2cc(F)cc(C(F)(F)F)c2)C1. The van der Waals surface area contributed by atoms with E-state index in [1.165, 1.54) is 22.8 Å². The topological polar surface area (TPSA) is 55.2 Å². The van der Waals surface area contributed by atoms with E-state index in [9.17, 15) is 35.9 Å². The third-order valence-corrected chi connectivity index (χ3v) is 6.27. The highest BCUT2D eigenvalue weighted by molar-refractivity contribution is 5.94. The number of nitrogens with zero attached hydrogens (tertiary/aromatic N) is 3. The zero-order chi connectivity index (χ0) is 25.2. The number of carbonyl (C=O) groups excluding carboxylic acids is 2. The zero-order valence-corrected chi connectivity index (χ0v) is 18.7. The summed E-state index contributed by atoms with van der Waals surface area (Å²) in [6, 6.07) is 1.26. The molecule has 1 aromatic carbocycles. The van der Waals surface area contributed by atoms with E-state index in [1.807, 2.05) is 0 Å². The molecule has 34 heavy (non-hydrogen) atoms. The van der Waals surface area contributed by atoms with Gasteiger partial charge in [0, 0.05) is 36.7 Å². The van der Waals surface area contributed by atoms with Crippen LogP contribution >= 0.6 is 0 Å². The zero-order valence-electron chi connectivity index (χ0n) is 18.7. The average molecular weight is 489 g/mol. The fourth-order valence-electron chi connectivity index (χ4n) is 4.41. The van der Waals surface area contributed by atoms with Crippen LogP contribution in [0.15, 0.2) is 24.5 Å². The minimum absolute atomic E-state index is 0.0769. The Morgan fingerprint density at radius 1 is 1.21 bits per heavy atom.